The van der Waals surface area contributed by atoms with E-state index in [0.29, 0.717) is 16.8 Å². The molecule has 1 aromatic heterocycles. The fourth-order valence-electron chi connectivity index (χ4n) is 2.83. The van der Waals surface area contributed by atoms with Crippen LogP contribution < -0.4 is 10.2 Å². The molecular weight excluding hydrogens is 301 g/mol. The number of amides is 1. The molecule has 3 heterocycles. The van der Waals surface area contributed by atoms with Gasteiger partial charge in [-0.3, -0.25) is 4.79 Å². The number of rotatable bonds is 1. The third kappa shape index (κ3) is 1.88. The van der Waals surface area contributed by atoms with Crippen molar-refractivity contribution in [3.05, 3.63) is 22.6 Å². The number of fused-ring (bicyclic) bond motifs is 1. The fraction of sp³-hybridized carbons (Fsp3) is 0.500. The number of carbonyl (C=O) groups is 1. The van der Waals surface area contributed by atoms with Crippen LogP contribution in [0.4, 0.5) is 10.2 Å². The molecule has 2 aliphatic rings. The molecule has 0 bridgehead atoms. The van der Waals surface area contributed by atoms with Gasteiger partial charge in [-0.05, 0) is 34.8 Å². The zero-order valence-corrected chi connectivity index (χ0v) is 11.3. The molecule has 4 nitrogen and oxygen atoms in total. The monoisotopic (exact) mass is 313 g/mol. The molecule has 1 aromatic rings. The molecule has 2 unspecified atom stereocenters. The maximum absolute atomic E-state index is 13.9. The first-order valence-corrected chi connectivity index (χ1v) is 6.81. The lowest BCUT2D eigenvalue weighted by Gasteiger charge is -2.36. The summed E-state index contributed by atoms with van der Waals surface area (Å²) in [6, 6.07) is 1.45. The standard InChI is InChI=1S/C12H13BrFN3O/c13-7-4-9(14)11(15-5-7)17-3-1-2-8-10(17)6-16-12(8)18/h4-5,8,10H,1-3,6H2,(H,16,18). The summed E-state index contributed by atoms with van der Waals surface area (Å²) in [5.74, 6) is 0.0691. The van der Waals surface area contributed by atoms with Gasteiger partial charge in [0.05, 0.1) is 12.0 Å². The summed E-state index contributed by atoms with van der Waals surface area (Å²) in [7, 11) is 0. The quantitative estimate of drug-likeness (QED) is 0.858. The fourth-order valence-corrected chi connectivity index (χ4v) is 3.14. The number of nitrogens with one attached hydrogen (secondary N) is 1. The highest BCUT2D eigenvalue weighted by Crippen LogP contribution is 2.32. The van der Waals surface area contributed by atoms with Crippen LogP contribution in [0.3, 0.4) is 0 Å². The summed E-state index contributed by atoms with van der Waals surface area (Å²) in [6.07, 6.45) is 3.36. The van der Waals surface area contributed by atoms with E-state index >= 15 is 0 Å². The van der Waals surface area contributed by atoms with Crippen LogP contribution in [-0.2, 0) is 4.79 Å². The van der Waals surface area contributed by atoms with E-state index in [1.54, 1.807) is 6.20 Å². The van der Waals surface area contributed by atoms with Crippen LogP contribution in [0, 0.1) is 11.7 Å². The maximum Gasteiger partial charge on any atom is 0.225 e. The molecule has 0 aromatic carbocycles. The van der Waals surface area contributed by atoms with Crippen LogP contribution in [-0.4, -0.2) is 30.0 Å². The van der Waals surface area contributed by atoms with Crippen LogP contribution in [0.15, 0.2) is 16.7 Å². The first kappa shape index (κ1) is 11.9. The minimum Gasteiger partial charge on any atom is -0.354 e. The van der Waals surface area contributed by atoms with Crippen molar-refractivity contribution in [2.24, 2.45) is 5.92 Å². The van der Waals surface area contributed by atoms with Crippen LogP contribution >= 0.6 is 15.9 Å². The Bertz CT molecular complexity index is 496. The Kier molecular flexibility index (Phi) is 2.97. The minimum absolute atomic E-state index is 0.0244. The maximum atomic E-state index is 13.9. The van der Waals surface area contributed by atoms with E-state index in [9.17, 15) is 9.18 Å². The lowest BCUT2D eigenvalue weighted by Crippen LogP contribution is -2.46. The molecule has 0 saturated carbocycles. The van der Waals surface area contributed by atoms with Crippen molar-refractivity contribution in [3.63, 3.8) is 0 Å². The van der Waals surface area contributed by atoms with Crippen LogP contribution in [0.1, 0.15) is 12.8 Å². The van der Waals surface area contributed by atoms with Gasteiger partial charge in [-0.25, -0.2) is 9.37 Å². The number of piperidine rings is 1. The van der Waals surface area contributed by atoms with Gasteiger partial charge in [0.25, 0.3) is 0 Å². The van der Waals surface area contributed by atoms with E-state index in [1.165, 1.54) is 6.07 Å². The normalized spacial score (nSPS) is 27.0. The summed E-state index contributed by atoms with van der Waals surface area (Å²) in [6.45, 7) is 1.34. The molecule has 1 amide bonds. The predicted molar refractivity (Wildman–Crippen MR) is 68.8 cm³/mol. The Morgan fingerprint density at radius 1 is 1.56 bits per heavy atom. The van der Waals surface area contributed by atoms with E-state index in [2.05, 4.69) is 26.2 Å². The largest absolute Gasteiger partial charge is 0.354 e. The topological polar surface area (TPSA) is 45.2 Å². The predicted octanol–water partition coefficient (Wildman–Crippen LogP) is 1.70. The molecule has 2 fully saturated rings. The zero-order valence-electron chi connectivity index (χ0n) is 9.70. The SMILES string of the molecule is O=C1NCC2C1CCCN2c1ncc(Br)cc1F. The van der Waals surface area contributed by atoms with Gasteiger partial charge >= 0.3 is 0 Å². The first-order chi connectivity index (χ1) is 8.66. The van der Waals surface area contributed by atoms with E-state index < -0.39 is 0 Å². The number of hydrogen-bond donors (Lipinski definition) is 1. The van der Waals surface area contributed by atoms with Gasteiger partial charge < -0.3 is 10.2 Å². The molecule has 18 heavy (non-hydrogen) atoms. The Morgan fingerprint density at radius 3 is 3.17 bits per heavy atom. The van der Waals surface area contributed by atoms with Crippen molar-refractivity contribution in [2.75, 3.05) is 18.0 Å². The third-order valence-corrected chi connectivity index (χ3v) is 4.10. The van der Waals surface area contributed by atoms with Crippen molar-refractivity contribution in [3.8, 4) is 0 Å². The van der Waals surface area contributed by atoms with Gasteiger partial charge in [-0.1, -0.05) is 0 Å². The summed E-state index contributed by atoms with van der Waals surface area (Å²) < 4.78 is 14.6. The Hall–Kier alpha value is -1.17. The summed E-state index contributed by atoms with van der Waals surface area (Å²) in [5.41, 5.74) is 0. The average Bonchev–Trinajstić information content (AvgIpc) is 2.72. The summed E-state index contributed by atoms with van der Waals surface area (Å²) in [5, 5.41) is 2.85. The van der Waals surface area contributed by atoms with Crippen LogP contribution in [0.25, 0.3) is 0 Å². The van der Waals surface area contributed by atoms with Gasteiger partial charge in [-0.2, -0.15) is 0 Å². The lowest BCUT2D eigenvalue weighted by molar-refractivity contribution is -0.123. The summed E-state index contributed by atoms with van der Waals surface area (Å²) in [4.78, 5) is 17.7. The number of pyridine rings is 1. The van der Waals surface area contributed by atoms with Crippen molar-refractivity contribution >= 4 is 27.7 Å². The molecule has 96 valence electrons. The first-order valence-electron chi connectivity index (χ1n) is 6.02. The Morgan fingerprint density at radius 2 is 2.39 bits per heavy atom. The highest BCUT2D eigenvalue weighted by Gasteiger charge is 2.41. The number of aromatic nitrogens is 1. The molecule has 2 saturated heterocycles. The van der Waals surface area contributed by atoms with Crippen molar-refractivity contribution in [1.82, 2.24) is 10.3 Å². The number of halogens is 2. The number of hydrogen-bond acceptors (Lipinski definition) is 3. The van der Waals surface area contributed by atoms with Crippen LogP contribution in [0.2, 0.25) is 0 Å². The molecule has 0 aliphatic carbocycles. The molecule has 2 aliphatic heterocycles. The molecule has 1 N–H and O–H groups in total. The van der Waals surface area contributed by atoms with Gasteiger partial charge in [0.2, 0.25) is 5.91 Å². The van der Waals surface area contributed by atoms with Gasteiger partial charge in [-0.15, -0.1) is 0 Å². The molecule has 0 radical (unpaired) electrons. The molecule has 0 spiro atoms. The zero-order chi connectivity index (χ0) is 12.7. The average molecular weight is 314 g/mol. The molecule has 3 rings (SSSR count). The highest BCUT2D eigenvalue weighted by molar-refractivity contribution is 9.10. The molecule has 6 heteroatoms. The molecular formula is C12H13BrFN3O. The third-order valence-electron chi connectivity index (χ3n) is 3.66. The second-order valence-electron chi connectivity index (χ2n) is 4.71. The van der Waals surface area contributed by atoms with Gasteiger partial charge in [0, 0.05) is 23.8 Å². The van der Waals surface area contributed by atoms with Crippen molar-refractivity contribution in [1.29, 1.82) is 0 Å². The van der Waals surface area contributed by atoms with E-state index in [4.69, 9.17) is 0 Å². The second-order valence-corrected chi connectivity index (χ2v) is 5.63. The lowest BCUT2D eigenvalue weighted by atomic mass is 9.91. The minimum atomic E-state index is -0.343. The molecule has 2 atom stereocenters. The van der Waals surface area contributed by atoms with E-state index in [0.717, 1.165) is 19.4 Å². The number of carbonyl (C=O) groups excluding carboxylic acids is 1. The van der Waals surface area contributed by atoms with Crippen LogP contribution in [0.5, 0.6) is 0 Å². The smallest absolute Gasteiger partial charge is 0.225 e. The Labute approximate surface area is 113 Å². The van der Waals surface area contributed by atoms with Gasteiger partial charge in [0.1, 0.15) is 0 Å². The highest BCUT2D eigenvalue weighted by atomic mass is 79.9. The summed E-state index contributed by atoms with van der Waals surface area (Å²) >= 11 is 3.20. The number of anilines is 1. The van der Waals surface area contributed by atoms with Crippen molar-refractivity contribution < 1.29 is 9.18 Å². The van der Waals surface area contributed by atoms with Crippen molar-refractivity contribution in [2.45, 2.75) is 18.9 Å². The van der Waals surface area contributed by atoms with E-state index in [1.807, 2.05) is 4.90 Å². The number of nitrogens with zero attached hydrogens (tertiary/aromatic N) is 2. The second kappa shape index (κ2) is 4.50. The van der Waals surface area contributed by atoms with Gasteiger partial charge in [0.15, 0.2) is 11.6 Å². The Balaban J connectivity index is 1.93. The van der Waals surface area contributed by atoms with E-state index in [-0.39, 0.29) is 23.7 Å².